The number of nitrogens with zero attached hydrogens (tertiary/aromatic N) is 5. The van der Waals surface area contributed by atoms with E-state index in [1.807, 2.05) is 4.90 Å². The fourth-order valence-corrected chi connectivity index (χ4v) is 6.85. The molecule has 11 heteroatoms. The molecule has 37 heavy (non-hydrogen) atoms. The van der Waals surface area contributed by atoms with E-state index in [4.69, 9.17) is 9.15 Å². The molecule has 1 N–H and O–H groups in total. The highest BCUT2D eigenvalue weighted by atomic mass is 32.2. The Hall–Kier alpha value is -2.02. The fourth-order valence-electron chi connectivity index (χ4n) is 5.33. The maximum absolute atomic E-state index is 13.3. The van der Waals surface area contributed by atoms with E-state index in [-0.39, 0.29) is 17.3 Å². The van der Waals surface area contributed by atoms with E-state index in [2.05, 4.69) is 14.8 Å². The molecule has 1 atom stereocenters. The summed E-state index contributed by atoms with van der Waals surface area (Å²) in [5.41, 5.74) is 1.63. The normalized spacial score (nSPS) is 19.1. The number of benzene rings is 1. The van der Waals surface area contributed by atoms with Crippen molar-refractivity contribution in [1.82, 2.24) is 24.0 Å². The van der Waals surface area contributed by atoms with Gasteiger partial charge in [-0.2, -0.15) is 4.31 Å². The number of methoxy groups -OCH3 is 1. The van der Waals surface area contributed by atoms with Crippen LogP contribution in [0.2, 0.25) is 0 Å². The van der Waals surface area contributed by atoms with Gasteiger partial charge < -0.3 is 24.1 Å². The Morgan fingerprint density at radius 2 is 1.65 bits per heavy atom. The summed E-state index contributed by atoms with van der Waals surface area (Å²) in [5, 5.41) is 10.9. The van der Waals surface area contributed by atoms with Gasteiger partial charge in [0.25, 0.3) is 0 Å². The van der Waals surface area contributed by atoms with Gasteiger partial charge in [0.05, 0.1) is 18.6 Å². The number of likely N-dealkylation sites (tertiary alicyclic amines) is 1. The number of hydrogen-bond donors (Lipinski definition) is 1. The maximum Gasteiger partial charge on any atom is 0.243 e. The summed E-state index contributed by atoms with van der Waals surface area (Å²) >= 11 is 0. The van der Waals surface area contributed by atoms with Crippen molar-refractivity contribution in [2.75, 3.05) is 66.5 Å². The molecule has 2 saturated heterocycles. The maximum atomic E-state index is 13.3. The van der Waals surface area contributed by atoms with Crippen LogP contribution in [-0.2, 0) is 16.6 Å². The average molecular weight is 536 g/mol. The average Bonchev–Trinajstić information content (AvgIpc) is 3.56. The smallest absolute Gasteiger partial charge is 0.243 e. The largest absolute Gasteiger partial charge is 0.497 e. The second kappa shape index (κ2) is 12.2. The number of rotatable bonds is 11. The van der Waals surface area contributed by atoms with Crippen LogP contribution in [0.1, 0.15) is 48.2 Å². The van der Waals surface area contributed by atoms with E-state index in [1.54, 1.807) is 33.1 Å². The van der Waals surface area contributed by atoms with Crippen LogP contribution in [0.25, 0.3) is 0 Å². The molecule has 0 saturated carbocycles. The third kappa shape index (κ3) is 6.71. The van der Waals surface area contributed by atoms with Gasteiger partial charge in [0.15, 0.2) is 6.23 Å². The number of aromatic nitrogens is 1. The Kier molecular flexibility index (Phi) is 9.25. The number of aliphatic hydroxyl groups is 1. The Balaban J connectivity index is 1.30. The van der Waals surface area contributed by atoms with Crippen molar-refractivity contribution in [1.29, 1.82) is 0 Å². The Bertz CT molecular complexity index is 1120. The molecule has 0 radical (unpaired) electrons. The Morgan fingerprint density at radius 3 is 2.24 bits per heavy atom. The standard InChI is InChI=1S/C26H41N5O5S/c1-20-16-22(35-4)17-21(2)25(20)37(33,34)28(3)18-24-27-23(19-36-24)26(32)31-14-12-30(13-15-31)11-7-10-29-8-5-6-9-29/h16-17,19,26,32H,5-15,18H2,1-4H3. The molecule has 0 aliphatic carbocycles. The lowest BCUT2D eigenvalue weighted by molar-refractivity contribution is -0.0302. The van der Waals surface area contributed by atoms with Crippen molar-refractivity contribution in [2.45, 2.75) is 50.8 Å². The molecule has 2 aliphatic rings. The first-order valence-electron chi connectivity index (χ1n) is 13.1. The lowest BCUT2D eigenvalue weighted by atomic mass is 10.1. The highest BCUT2D eigenvalue weighted by molar-refractivity contribution is 7.89. The van der Waals surface area contributed by atoms with E-state index in [9.17, 15) is 13.5 Å². The van der Waals surface area contributed by atoms with Crippen molar-refractivity contribution in [3.05, 3.63) is 41.1 Å². The Labute approximate surface area is 220 Å². The van der Waals surface area contributed by atoms with E-state index in [0.717, 1.165) is 32.7 Å². The van der Waals surface area contributed by atoms with Crippen molar-refractivity contribution in [3.63, 3.8) is 0 Å². The van der Waals surface area contributed by atoms with E-state index >= 15 is 0 Å². The van der Waals surface area contributed by atoms with Gasteiger partial charge in [-0.25, -0.2) is 13.4 Å². The third-order valence-electron chi connectivity index (χ3n) is 7.43. The summed E-state index contributed by atoms with van der Waals surface area (Å²) in [6.07, 6.45) is 4.38. The van der Waals surface area contributed by atoms with Crippen LogP contribution in [0, 0.1) is 13.8 Å². The molecule has 4 rings (SSSR count). The van der Waals surface area contributed by atoms with Crippen molar-refractivity contribution in [3.8, 4) is 5.75 Å². The van der Waals surface area contributed by atoms with Gasteiger partial charge in [-0.15, -0.1) is 0 Å². The van der Waals surface area contributed by atoms with E-state index < -0.39 is 16.3 Å². The highest BCUT2D eigenvalue weighted by Crippen LogP contribution is 2.28. The number of hydrogen-bond acceptors (Lipinski definition) is 9. The zero-order chi connectivity index (χ0) is 26.6. The Morgan fingerprint density at radius 1 is 1.05 bits per heavy atom. The number of sulfonamides is 1. The zero-order valence-electron chi connectivity index (χ0n) is 22.5. The molecule has 2 aliphatic heterocycles. The summed E-state index contributed by atoms with van der Waals surface area (Å²) in [4.78, 5) is 11.7. The number of piperazine rings is 1. The first kappa shape index (κ1) is 28.0. The van der Waals surface area contributed by atoms with Gasteiger partial charge in [-0.3, -0.25) is 4.90 Å². The molecule has 1 aromatic carbocycles. The minimum Gasteiger partial charge on any atom is -0.497 e. The molecule has 3 heterocycles. The van der Waals surface area contributed by atoms with Crippen LogP contribution in [0.5, 0.6) is 5.75 Å². The summed E-state index contributed by atoms with van der Waals surface area (Å²) in [6, 6.07) is 3.42. The highest BCUT2D eigenvalue weighted by Gasteiger charge is 2.29. The second-order valence-electron chi connectivity index (χ2n) is 10.2. The summed E-state index contributed by atoms with van der Waals surface area (Å²) in [5.74, 6) is 0.857. The quantitative estimate of drug-likeness (QED) is 0.464. The van der Waals surface area contributed by atoms with Gasteiger partial charge in [-0.1, -0.05) is 0 Å². The molecule has 206 valence electrons. The molecule has 0 spiro atoms. The summed E-state index contributed by atoms with van der Waals surface area (Å²) in [6.45, 7) is 11.5. The monoisotopic (exact) mass is 535 g/mol. The first-order chi connectivity index (χ1) is 17.7. The van der Waals surface area contributed by atoms with Crippen LogP contribution < -0.4 is 4.74 Å². The second-order valence-corrected chi connectivity index (χ2v) is 12.2. The molecule has 2 fully saturated rings. The number of aryl methyl sites for hydroxylation is 2. The topological polar surface area (TPSA) is 103 Å². The molecule has 2 aromatic rings. The molecule has 1 aromatic heterocycles. The van der Waals surface area contributed by atoms with Crippen LogP contribution >= 0.6 is 0 Å². The molecular formula is C26H41N5O5S. The molecule has 10 nitrogen and oxygen atoms in total. The molecular weight excluding hydrogens is 494 g/mol. The van der Waals surface area contributed by atoms with Crippen molar-refractivity contribution in [2.24, 2.45) is 0 Å². The van der Waals surface area contributed by atoms with Crippen LogP contribution in [0.15, 0.2) is 27.7 Å². The van der Waals surface area contributed by atoms with Gasteiger partial charge >= 0.3 is 0 Å². The lowest BCUT2D eigenvalue weighted by Gasteiger charge is -2.36. The van der Waals surface area contributed by atoms with Crippen LogP contribution in [-0.4, -0.2) is 104 Å². The van der Waals surface area contributed by atoms with Crippen molar-refractivity contribution >= 4 is 10.0 Å². The number of aliphatic hydroxyl groups excluding tert-OH is 1. The van der Waals surface area contributed by atoms with Gasteiger partial charge in [-0.05, 0) is 82.5 Å². The predicted octanol–water partition coefficient (Wildman–Crippen LogP) is 2.22. The minimum atomic E-state index is -3.78. The lowest BCUT2D eigenvalue weighted by Crippen LogP contribution is -2.48. The third-order valence-corrected chi connectivity index (χ3v) is 9.54. The van der Waals surface area contributed by atoms with E-state index in [0.29, 0.717) is 22.6 Å². The van der Waals surface area contributed by atoms with Gasteiger partial charge in [0.2, 0.25) is 15.9 Å². The van der Waals surface area contributed by atoms with Gasteiger partial charge in [0.1, 0.15) is 17.7 Å². The molecule has 0 bridgehead atoms. The van der Waals surface area contributed by atoms with E-state index in [1.165, 1.54) is 56.5 Å². The number of oxazole rings is 1. The number of ether oxygens (including phenoxy) is 1. The van der Waals surface area contributed by atoms with Crippen LogP contribution in [0.3, 0.4) is 0 Å². The minimum absolute atomic E-state index is 0.0369. The molecule has 1 unspecified atom stereocenters. The SMILES string of the molecule is COc1cc(C)c(S(=O)(=O)N(C)Cc2nc(C(O)N3CCN(CCCN4CCCC4)CC3)co2)c(C)c1. The summed E-state index contributed by atoms with van der Waals surface area (Å²) in [7, 11) is -0.721. The fraction of sp³-hybridized carbons (Fsp3) is 0.654. The molecule has 0 amide bonds. The summed E-state index contributed by atoms with van der Waals surface area (Å²) < 4.78 is 38.6. The van der Waals surface area contributed by atoms with Crippen LogP contribution in [0.4, 0.5) is 0 Å². The first-order valence-corrected chi connectivity index (χ1v) is 14.6. The van der Waals surface area contributed by atoms with Gasteiger partial charge in [0, 0.05) is 33.2 Å². The zero-order valence-corrected chi connectivity index (χ0v) is 23.3. The predicted molar refractivity (Wildman–Crippen MR) is 141 cm³/mol. The van der Waals surface area contributed by atoms with Crippen molar-refractivity contribution < 1.29 is 22.7 Å².